The van der Waals surface area contributed by atoms with Gasteiger partial charge in [0.25, 0.3) is 0 Å². The highest BCUT2D eigenvalue weighted by molar-refractivity contribution is 7.82. The lowest BCUT2D eigenvalue weighted by molar-refractivity contribution is -0.118. The maximum absolute atomic E-state index is 12.6. The molecular formula is C23H30N2O4S. The van der Waals surface area contributed by atoms with Gasteiger partial charge in [0, 0.05) is 12.2 Å². The zero-order valence-corrected chi connectivity index (χ0v) is 18.8. The van der Waals surface area contributed by atoms with Gasteiger partial charge in [-0.3, -0.25) is 4.79 Å². The normalized spacial score (nSPS) is 13.1. The molecule has 6 nitrogen and oxygen atoms in total. The van der Waals surface area contributed by atoms with E-state index < -0.39 is 16.4 Å². The van der Waals surface area contributed by atoms with E-state index in [1.165, 1.54) is 0 Å². The summed E-state index contributed by atoms with van der Waals surface area (Å²) in [6.07, 6.45) is -0.169. The molecule has 2 N–H and O–H groups in total. The zero-order valence-electron chi connectivity index (χ0n) is 17.9. The number of thiol groups is 1. The summed E-state index contributed by atoms with van der Waals surface area (Å²) in [5, 5.41) is 5.49. The van der Waals surface area contributed by atoms with Crippen LogP contribution in [0.5, 0.6) is 5.75 Å². The average molecular weight is 431 g/mol. The Morgan fingerprint density at radius 2 is 1.60 bits per heavy atom. The second-order valence-electron chi connectivity index (χ2n) is 8.21. The highest BCUT2D eigenvalue weighted by Gasteiger charge is 2.29. The molecule has 7 heteroatoms. The van der Waals surface area contributed by atoms with Crippen molar-refractivity contribution in [1.29, 1.82) is 0 Å². The monoisotopic (exact) mass is 430 g/mol. The first-order valence-electron chi connectivity index (χ1n) is 9.83. The van der Waals surface area contributed by atoms with Crippen LogP contribution in [-0.4, -0.2) is 28.9 Å². The molecule has 0 aliphatic rings. The number of alkyl carbamates (subject to hydrolysis) is 1. The molecule has 2 aromatic carbocycles. The lowest BCUT2D eigenvalue weighted by Crippen LogP contribution is -2.40. The number of anilines is 1. The van der Waals surface area contributed by atoms with Crippen LogP contribution in [0.3, 0.4) is 0 Å². The number of hydrogen-bond acceptors (Lipinski definition) is 5. The molecule has 162 valence electrons. The van der Waals surface area contributed by atoms with E-state index in [9.17, 15) is 9.59 Å². The van der Waals surface area contributed by atoms with Gasteiger partial charge in [0.2, 0.25) is 5.91 Å². The van der Waals surface area contributed by atoms with E-state index >= 15 is 0 Å². The van der Waals surface area contributed by atoms with Crippen molar-refractivity contribution in [3.05, 3.63) is 60.2 Å². The number of ether oxygens (including phenoxy) is 2. The topological polar surface area (TPSA) is 76.7 Å². The third-order valence-corrected chi connectivity index (χ3v) is 4.56. The Morgan fingerprint density at radius 1 is 0.967 bits per heavy atom. The Balaban J connectivity index is 1.80. The first kappa shape index (κ1) is 23.6. The molecule has 30 heavy (non-hydrogen) atoms. The van der Waals surface area contributed by atoms with Crippen LogP contribution >= 0.6 is 12.6 Å². The van der Waals surface area contributed by atoms with Gasteiger partial charge in [-0.2, -0.15) is 12.6 Å². The first-order valence-corrected chi connectivity index (χ1v) is 10.3. The quantitative estimate of drug-likeness (QED) is 0.526. The summed E-state index contributed by atoms with van der Waals surface area (Å²) in [6, 6.07) is 17.1. The number of carbonyl (C=O) groups excluding carboxylic acids is 2. The molecule has 0 spiro atoms. The van der Waals surface area contributed by atoms with Gasteiger partial charge in [0.05, 0.1) is 4.75 Å². The standard InChI is InChI=1S/C23H30N2O4S/c1-22(2,3)29-21(27)24-15-14-23(4,30)20(26)25-18-10-12-19(13-11-18)28-16-17-8-6-5-7-9-17/h5-13,30H,14-16H2,1-4H3,(H,24,27)(H,25,26)/t23-/m0/s1. The molecule has 2 rings (SSSR count). The van der Waals surface area contributed by atoms with Crippen molar-refractivity contribution in [2.45, 2.75) is 51.1 Å². The minimum atomic E-state index is -0.961. The minimum absolute atomic E-state index is 0.255. The Kier molecular flexibility index (Phi) is 8.17. The number of carbonyl (C=O) groups is 2. The van der Waals surface area contributed by atoms with Gasteiger partial charge in [0.15, 0.2) is 0 Å². The maximum atomic E-state index is 12.6. The summed E-state index contributed by atoms with van der Waals surface area (Å²) in [6.45, 7) is 7.84. The van der Waals surface area contributed by atoms with E-state index in [0.717, 1.165) is 5.56 Å². The van der Waals surface area contributed by atoms with E-state index in [-0.39, 0.29) is 12.5 Å². The molecule has 0 unspecified atom stereocenters. The molecule has 0 radical (unpaired) electrons. The smallest absolute Gasteiger partial charge is 0.407 e. The predicted octanol–water partition coefficient (Wildman–Crippen LogP) is 4.81. The van der Waals surface area contributed by atoms with E-state index in [1.54, 1.807) is 52.0 Å². The van der Waals surface area contributed by atoms with Crippen LogP contribution in [0.4, 0.5) is 10.5 Å². The van der Waals surface area contributed by atoms with Crippen LogP contribution in [0.25, 0.3) is 0 Å². The number of nitrogens with one attached hydrogen (secondary N) is 2. The Morgan fingerprint density at radius 3 is 2.20 bits per heavy atom. The molecule has 0 saturated heterocycles. The van der Waals surface area contributed by atoms with Crippen molar-refractivity contribution in [1.82, 2.24) is 5.32 Å². The summed E-state index contributed by atoms with van der Waals surface area (Å²) in [7, 11) is 0. The van der Waals surface area contributed by atoms with Gasteiger partial charge in [-0.05, 0) is 63.9 Å². The number of rotatable bonds is 8. The summed E-state index contributed by atoms with van der Waals surface area (Å²) in [5.41, 5.74) is 1.16. The van der Waals surface area contributed by atoms with E-state index in [2.05, 4.69) is 23.3 Å². The molecule has 0 aliphatic carbocycles. The van der Waals surface area contributed by atoms with E-state index in [4.69, 9.17) is 9.47 Å². The van der Waals surface area contributed by atoms with E-state index in [1.807, 2.05) is 30.3 Å². The molecular weight excluding hydrogens is 400 g/mol. The second-order valence-corrected chi connectivity index (χ2v) is 9.19. The van der Waals surface area contributed by atoms with Crippen molar-refractivity contribution in [2.24, 2.45) is 0 Å². The predicted molar refractivity (Wildman–Crippen MR) is 122 cm³/mol. The molecule has 0 aromatic heterocycles. The molecule has 0 heterocycles. The first-order chi connectivity index (χ1) is 14.0. The Labute approximate surface area is 183 Å². The average Bonchev–Trinajstić information content (AvgIpc) is 2.66. The van der Waals surface area contributed by atoms with Gasteiger partial charge in [0.1, 0.15) is 18.0 Å². The van der Waals surface area contributed by atoms with Crippen LogP contribution in [0.1, 0.15) is 39.7 Å². The zero-order chi connectivity index (χ0) is 22.2. The molecule has 0 aliphatic heterocycles. The fourth-order valence-corrected chi connectivity index (χ4v) is 2.64. The van der Waals surface area contributed by atoms with Crippen LogP contribution in [0, 0.1) is 0 Å². The van der Waals surface area contributed by atoms with Gasteiger partial charge < -0.3 is 20.1 Å². The highest BCUT2D eigenvalue weighted by atomic mass is 32.1. The van der Waals surface area contributed by atoms with Crippen molar-refractivity contribution in [2.75, 3.05) is 11.9 Å². The largest absolute Gasteiger partial charge is 0.489 e. The SMILES string of the molecule is CC(C)(C)OC(=O)NCC[C@](C)(S)C(=O)Nc1ccc(OCc2ccccc2)cc1. The second kappa shape index (κ2) is 10.4. The summed E-state index contributed by atoms with van der Waals surface area (Å²) in [5.74, 6) is 0.460. The van der Waals surface area contributed by atoms with Gasteiger partial charge in [-0.15, -0.1) is 0 Å². The summed E-state index contributed by atoms with van der Waals surface area (Å²) in [4.78, 5) is 24.3. The number of hydrogen-bond donors (Lipinski definition) is 3. The molecule has 0 fully saturated rings. The molecule has 0 saturated carbocycles. The van der Waals surface area contributed by atoms with Crippen LogP contribution in [0.15, 0.2) is 54.6 Å². The van der Waals surface area contributed by atoms with Gasteiger partial charge >= 0.3 is 6.09 Å². The Hall–Kier alpha value is -2.67. The van der Waals surface area contributed by atoms with Crippen molar-refractivity contribution in [3.63, 3.8) is 0 Å². The number of amides is 2. The lowest BCUT2D eigenvalue weighted by Gasteiger charge is -2.24. The summed E-state index contributed by atoms with van der Waals surface area (Å²) >= 11 is 4.47. The van der Waals surface area contributed by atoms with Gasteiger partial charge in [-0.1, -0.05) is 30.3 Å². The third-order valence-electron chi connectivity index (χ3n) is 4.13. The molecule has 2 aromatic rings. The molecule has 0 bridgehead atoms. The van der Waals surface area contributed by atoms with Crippen LogP contribution < -0.4 is 15.4 Å². The fraction of sp³-hybridized carbons (Fsp3) is 0.391. The molecule has 2 amide bonds. The van der Waals surface area contributed by atoms with Crippen LogP contribution in [-0.2, 0) is 16.1 Å². The highest BCUT2D eigenvalue weighted by Crippen LogP contribution is 2.23. The van der Waals surface area contributed by atoms with Crippen molar-refractivity contribution < 1.29 is 19.1 Å². The summed E-state index contributed by atoms with van der Waals surface area (Å²) < 4.78 is 9.97. The van der Waals surface area contributed by atoms with Crippen molar-refractivity contribution in [3.8, 4) is 5.75 Å². The maximum Gasteiger partial charge on any atom is 0.407 e. The third kappa shape index (κ3) is 8.37. The van der Waals surface area contributed by atoms with Crippen molar-refractivity contribution >= 4 is 30.3 Å². The minimum Gasteiger partial charge on any atom is -0.489 e. The lowest BCUT2D eigenvalue weighted by atomic mass is 10.1. The van der Waals surface area contributed by atoms with E-state index in [0.29, 0.717) is 24.5 Å². The number of benzene rings is 2. The van der Waals surface area contributed by atoms with Gasteiger partial charge in [-0.25, -0.2) is 4.79 Å². The molecule has 1 atom stereocenters. The fourth-order valence-electron chi connectivity index (χ4n) is 2.48. The Bertz CT molecular complexity index is 831. The van der Waals surface area contributed by atoms with Crippen LogP contribution in [0.2, 0.25) is 0 Å².